The predicted octanol–water partition coefficient (Wildman–Crippen LogP) is 2.79. The molecule has 2 aliphatic rings. The van der Waals surface area contributed by atoms with Crippen LogP contribution in [0.3, 0.4) is 0 Å². The van der Waals surface area contributed by atoms with Crippen LogP contribution in [0, 0.1) is 25.7 Å². The van der Waals surface area contributed by atoms with Gasteiger partial charge >= 0.3 is 6.03 Å². The van der Waals surface area contributed by atoms with Crippen molar-refractivity contribution in [3.63, 3.8) is 0 Å². The fourth-order valence-corrected chi connectivity index (χ4v) is 4.96. The second-order valence-electron chi connectivity index (χ2n) is 8.51. The van der Waals surface area contributed by atoms with Gasteiger partial charge in [0.1, 0.15) is 0 Å². The van der Waals surface area contributed by atoms with Crippen molar-refractivity contribution in [2.24, 2.45) is 11.8 Å². The summed E-state index contributed by atoms with van der Waals surface area (Å²) in [5, 5.41) is 4.41. The third-order valence-electron chi connectivity index (χ3n) is 6.43. The molecule has 1 aromatic carbocycles. The van der Waals surface area contributed by atoms with Crippen LogP contribution in [0.5, 0.6) is 0 Å². The number of hydrogen-bond acceptors (Lipinski definition) is 3. The van der Waals surface area contributed by atoms with Gasteiger partial charge in [0.25, 0.3) is 0 Å². The molecule has 2 aromatic rings. The van der Waals surface area contributed by atoms with E-state index in [2.05, 4.69) is 63.8 Å². The molecule has 0 unspecified atom stereocenters. The van der Waals surface area contributed by atoms with E-state index in [0.717, 1.165) is 32.7 Å². The summed E-state index contributed by atoms with van der Waals surface area (Å²) >= 11 is 0. The molecule has 3 atom stereocenters. The lowest BCUT2D eigenvalue weighted by atomic mass is 9.88. The van der Waals surface area contributed by atoms with Gasteiger partial charge < -0.3 is 14.7 Å². The quantitative estimate of drug-likeness (QED) is 0.818. The zero-order chi connectivity index (χ0) is 19.8. The molecule has 0 N–H and O–H groups in total. The summed E-state index contributed by atoms with van der Waals surface area (Å²) in [6.07, 6.45) is 1.87. The Hall–Kier alpha value is -2.34. The van der Waals surface area contributed by atoms with E-state index in [4.69, 9.17) is 0 Å². The van der Waals surface area contributed by atoms with Crippen molar-refractivity contribution in [1.29, 1.82) is 0 Å². The van der Waals surface area contributed by atoms with E-state index in [1.54, 1.807) is 4.90 Å². The molecule has 0 bridgehead atoms. The van der Waals surface area contributed by atoms with Crippen molar-refractivity contribution < 1.29 is 4.79 Å². The van der Waals surface area contributed by atoms with Crippen molar-refractivity contribution in [3.8, 4) is 0 Å². The van der Waals surface area contributed by atoms with E-state index in [0.29, 0.717) is 11.8 Å². The number of carbonyl (C=O) groups excluding carboxylic acids is 1. The van der Waals surface area contributed by atoms with Crippen LogP contribution in [0.4, 0.5) is 4.79 Å². The minimum Gasteiger partial charge on any atom is -0.331 e. The Morgan fingerprint density at radius 3 is 2.57 bits per heavy atom. The van der Waals surface area contributed by atoms with Gasteiger partial charge in [-0.25, -0.2) is 4.79 Å². The highest BCUT2D eigenvalue weighted by Crippen LogP contribution is 2.46. The number of aromatic nitrogens is 2. The standard InChI is InChI=1S/C22H31N5O/c1-16-7-5-6-8-19(16)21-20-15-25(11-12-27-17(2)9-10-23-27)13-18(20)14-26(21)22(28)24(3)4/h5-10,18,20-21H,11-15H2,1-4H3/t18-,20-,21+/m1/s1. The number of rotatable bonds is 4. The molecule has 28 heavy (non-hydrogen) atoms. The summed E-state index contributed by atoms with van der Waals surface area (Å²) < 4.78 is 2.08. The van der Waals surface area contributed by atoms with E-state index < -0.39 is 0 Å². The van der Waals surface area contributed by atoms with E-state index in [-0.39, 0.29) is 12.1 Å². The topological polar surface area (TPSA) is 44.6 Å². The number of hydrogen-bond donors (Lipinski definition) is 0. The second kappa shape index (κ2) is 7.59. The van der Waals surface area contributed by atoms with Gasteiger partial charge in [-0.3, -0.25) is 4.68 Å². The Bertz CT molecular complexity index is 845. The van der Waals surface area contributed by atoms with Crippen molar-refractivity contribution in [2.75, 3.05) is 40.3 Å². The summed E-state index contributed by atoms with van der Waals surface area (Å²) in [5.41, 5.74) is 3.78. The summed E-state index contributed by atoms with van der Waals surface area (Å²) in [4.78, 5) is 19.3. The molecule has 2 amide bonds. The maximum absolute atomic E-state index is 12.9. The van der Waals surface area contributed by atoms with Crippen LogP contribution >= 0.6 is 0 Å². The molecule has 1 aromatic heterocycles. The molecule has 0 spiro atoms. The summed E-state index contributed by atoms with van der Waals surface area (Å²) in [6, 6.07) is 10.9. The zero-order valence-corrected chi connectivity index (χ0v) is 17.4. The molecule has 4 rings (SSSR count). The van der Waals surface area contributed by atoms with Crippen LogP contribution in [0.1, 0.15) is 22.9 Å². The van der Waals surface area contributed by atoms with Crippen LogP contribution in [-0.4, -0.2) is 70.8 Å². The Kier molecular flexibility index (Phi) is 5.15. The average Bonchev–Trinajstić information content (AvgIpc) is 3.34. The Balaban J connectivity index is 1.53. The minimum atomic E-state index is 0.126. The van der Waals surface area contributed by atoms with Crippen LogP contribution in [0.15, 0.2) is 36.5 Å². The SMILES string of the molecule is Cc1ccccc1[C@H]1[C@@H]2CN(CCn3nccc3C)C[C@@H]2CN1C(=O)N(C)C. The van der Waals surface area contributed by atoms with Gasteiger partial charge in [0, 0.05) is 58.1 Å². The molecule has 150 valence electrons. The normalized spacial score (nSPS) is 24.6. The lowest BCUT2D eigenvalue weighted by Gasteiger charge is -2.32. The first-order chi connectivity index (χ1) is 13.5. The molecule has 2 aliphatic heterocycles. The largest absolute Gasteiger partial charge is 0.331 e. The van der Waals surface area contributed by atoms with Gasteiger partial charge in [0.2, 0.25) is 0 Å². The smallest absolute Gasteiger partial charge is 0.320 e. The average molecular weight is 382 g/mol. The summed E-state index contributed by atoms with van der Waals surface area (Å²) in [5.74, 6) is 1.02. The Labute approximate surface area is 167 Å². The van der Waals surface area contributed by atoms with Gasteiger partial charge in [-0.05, 0) is 37.0 Å². The molecular formula is C22H31N5O. The highest BCUT2D eigenvalue weighted by molar-refractivity contribution is 5.75. The molecule has 0 radical (unpaired) electrons. The van der Waals surface area contributed by atoms with Crippen LogP contribution < -0.4 is 0 Å². The maximum atomic E-state index is 12.9. The van der Waals surface area contributed by atoms with E-state index >= 15 is 0 Å². The lowest BCUT2D eigenvalue weighted by molar-refractivity contribution is 0.151. The first kappa shape index (κ1) is 19.0. The number of fused-ring (bicyclic) bond motifs is 1. The first-order valence-corrected chi connectivity index (χ1v) is 10.2. The molecule has 0 saturated carbocycles. The summed E-state index contributed by atoms with van der Waals surface area (Å²) in [6.45, 7) is 9.15. The molecule has 2 saturated heterocycles. The fraction of sp³-hybridized carbons (Fsp3) is 0.545. The molecule has 0 aliphatic carbocycles. The molecular weight excluding hydrogens is 350 g/mol. The van der Waals surface area contributed by atoms with E-state index in [9.17, 15) is 4.79 Å². The number of nitrogens with zero attached hydrogens (tertiary/aromatic N) is 5. The lowest BCUT2D eigenvalue weighted by Crippen LogP contribution is -2.41. The number of carbonyl (C=O) groups is 1. The first-order valence-electron chi connectivity index (χ1n) is 10.2. The predicted molar refractivity (Wildman–Crippen MR) is 110 cm³/mol. The number of likely N-dealkylation sites (tertiary alicyclic amines) is 2. The van der Waals surface area contributed by atoms with Crippen LogP contribution in [0.2, 0.25) is 0 Å². The molecule has 2 fully saturated rings. The monoisotopic (exact) mass is 381 g/mol. The second-order valence-corrected chi connectivity index (χ2v) is 8.51. The Morgan fingerprint density at radius 1 is 1.11 bits per heavy atom. The van der Waals surface area contributed by atoms with E-state index in [1.807, 2.05) is 20.3 Å². The van der Waals surface area contributed by atoms with Gasteiger partial charge in [-0.15, -0.1) is 0 Å². The third-order valence-corrected chi connectivity index (χ3v) is 6.43. The summed E-state index contributed by atoms with van der Waals surface area (Å²) in [7, 11) is 3.70. The molecule has 6 heteroatoms. The maximum Gasteiger partial charge on any atom is 0.320 e. The highest BCUT2D eigenvalue weighted by atomic mass is 16.2. The fourth-order valence-electron chi connectivity index (χ4n) is 4.96. The van der Waals surface area contributed by atoms with Crippen molar-refractivity contribution in [1.82, 2.24) is 24.5 Å². The van der Waals surface area contributed by atoms with Crippen LogP contribution in [0.25, 0.3) is 0 Å². The van der Waals surface area contributed by atoms with Gasteiger partial charge in [-0.2, -0.15) is 5.10 Å². The third kappa shape index (κ3) is 3.41. The minimum absolute atomic E-state index is 0.126. The van der Waals surface area contributed by atoms with Crippen molar-refractivity contribution in [3.05, 3.63) is 53.3 Å². The number of urea groups is 1. The number of benzene rings is 1. The number of amides is 2. The highest BCUT2D eigenvalue weighted by Gasteiger charge is 2.49. The van der Waals surface area contributed by atoms with Crippen LogP contribution in [-0.2, 0) is 6.54 Å². The molecule has 3 heterocycles. The molecule has 6 nitrogen and oxygen atoms in total. The van der Waals surface area contributed by atoms with E-state index in [1.165, 1.54) is 16.8 Å². The van der Waals surface area contributed by atoms with Gasteiger partial charge in [-0.1, -0.05) is 24.3 Å². The van der Waals surface area contributed by atoms with Crippen molar-refractivity contribution in [2.45, 2.75) is 26.4 Å². The van der Waals surface area contributed by atoms with Gasteiger partial charge in [0.05, 0.1) is 12.6 Å². The van der Waals surface area contributed by atoms with Crippen molar-refractivity contribution >= 4 is 6.03 Å². The zero-order valence-electron chi connectivity index (χ0n) is 17.4. The Morgan fingerprint density at radius 2 is 1.89 bits per heavy atom. The number of aryl methyl sites for hydroxylation is 2. The van der Waals surface area contributed by atoms with Gasteiger partial charge in [0.15, 0.2) is 0 Å².